The van der Waals surface area contributed by atoms with Crippen LogP contribution in [0.25, 0.3) is 0 Å². The van der Waals surface area contributed by atoms with Crippen LogP contribution >= 0.6 is 0 Å². The van der Waals surface area contributed by atoms with Crippen molar-refractivity contribution in [3.8, 4) is 0 Å². The number of aryl methyl sites for hydroxylation is 2. The lowest BCUT2D eigenvalue weighted by molar-refractivity contribution is -0.137. The predicted octanol–water partition coefficient (Wildman–Crippen LogP) is 5.29. The van der Waals surface area contributed by atoms with Crippen LogP contribution in [0.15, 0.2) is 41.4 Å². The van der Waals surface area contributed by atoms with Crippen LogP contribution in [-0.4, -0.2) is 30.8 Å². The van der Waals surface area contributed by atoms with E-state index in [1.807, 2.05) is 25.8 Å². The maximum Gasteiger partial charge on any atom is 0.416 e. The van der Waals surface area contributed by atoms with Gasteiger partial charge < -0.3 is 9.64 Å². The average Bonchev–Trinajstić information content (AvgIpc) is 2.65. The van der Waals surface area contributed by atoms with Gasteiger partial charge in [0, 0.05) is 13.6 Å². The molecule has 0 heterocycles. The smallest absolute Gasteiger partial charge is 0.416 e. The third-order valence-corrected chi connectivity index (χ3v) is 4.28. The van der Waals surface area contributed by atoms with Crippen molar-refractivity contribution in [3.05, 3.63) is 64.2 Å². The molecule has 0 aromatic heterocycles. The van der Waals surface area contributed by atoms with E-state index in [1.165, 1.54) is 12.1 Å². The summed E-state index contributed by atoms with van der Waals surface area (Å²) in [4.78, 5) is 18.7. The van der Waals surface area contributed by atoms with Gasteiger partial charge in [-0.15, -0.1) is 0 Å². The number of carbonyl (C=O) groups excluding carboxylic acids is 1. The molecule has 0 aliphatic heterocycles. The number of nitrogens with zero attached hydrogens (tertiary/aromatic N) is 2. The molecular formula is C21H23F3N2O2. The summed E-state index contributed by atoms with van der Waals surface area (Å²) in [7, 11) is 1.91. The highest BCUT2D eigenvalue weighted by Gasteiger charge is 2.30. The number of hydrogen-bond donors (Lipinski definition) is 0. The second-order valence-corrected chi connectivity index (χ2v) is 6.55. The molecule has 0 saturated heterocycles. The minimum absolute atomic E-state index is 0.234. The molecule has 0 amide bonds. The van der Waals surface area contributed by atoms with Gasteiger partial charge >= 0.3 is 12.1 Å². The van der Waals surface area contributed by atoms with Crippen LogP contribution < -0.4 is 0 Å². The Morgan fingerprint density at radius 1 is 1.18 bits per heavy atom. The van der Waals surface area contributed by atoms with Gasteiger partial charge in [-0.1, -0.05) is 12.1 Å². The lowest BCUT2D eigenvalue weighted by Crippen LogP contribution is -2.14. The van der Waals surface area contributed by atoms with Crippen molar-refractivity contribution in [2.24, 2.45) is 4.99 Å². The van der Waals surface area contributed by atoms with Crippen LogP contribution in [0.1, 0.15) is 39.5 Å². The predicted molar refractivity (Wildman–Crippen MR) is 103 cm³/mol. The number of aliphatic imine (C=N–C) groups is 1. The van der Waals surface area contributed by atoms with Crippen LogP contribution in [0, 0.1) is 13.8 Å². The molecule has 28 heavy (non-hydrogen) atoms. The topological polar surface area (TPSA) is 41.9 Å². The average molecular weight is 392 g/mol. The summed E-state index contributed by atoms with van der Waals surface area (Å²) in [6.07, 6.45) is -2.72. The van der Waals surface area contributed by atoms with E-state index in [1.54, 1.807) is 25.4 Å². The molecule has 0 saturated carbocycles. The van der Waals surface area contributed by atoms with Crippen LogP contribution in [0.3, 0.4) is 0 Å². The minimum atomic E-state index is -4.43. The number of benzene rings is 2. The first kappa shape index (κ1) is 21.5. The molecular weight excluding hydrogens is 369 g/mol. The van der Waals surface area contributed by atoms with Crippen molar-refractivity contribution >= 4 is 18.0 Å². The Hall–Kier alpha value is -2.83. The van der Waals surface area contributed by atoms with Crippen LogP contribution in [0.5, 0.6) is 0 Å². The van der Waals surface area contributed by atoms with Gasteiger partial charge in [0.1, 0.15) is 6.61 Å². The lowest BCUT2D eigenvalue weighted by atomic mass is 10.0. The summed E-state index contributed by atoms with van der Waals surface area (Å²) < 4.78 is 43.6. The van der Waals surface area contributed by atoms with Gasteiger partial charge in [0.2, 0.25) is 0 Å². The van der Waals surface area contributed by atoms with Crippen molar-refractivity contribution in [2.45, 2.75) is 33.6 Å². The van der Waals surface area contributed by atoms with E-state index in [0.717, 1.165) is 29.9 Å². The van der Waals surface area contributed by atoms with Crippen molar-refractivity contribution < 1.29 is 22.7 Å². The first-order valence-corrected chi connectivity index (χ1v) is 8.80. The Bertz CT molecular complexity index is 876. The van der Waals surface area contributed by atoms with Gasteiger partial charge in [0.25, 0.3) is 0 Å². The molecule has 0 bridgehead atoms. The monoisotopic (exact) mass is 392 g/mol. The van der Waals surface area contributed by atoms with Gasteiger partial charge in [-0.2, -0.15) is 13.2 Å². The van der Waals surface area contributed by atoms with Crippen molar-refractivity contribution in [2.75, 3.05) is 13.6 Å². The third kappa shape index (κ3) is 5.58. The number of esters is 1. The van der Waals surface area contributed by atoms with E-state index in [2.05, 4.69) is 4.99 Å². The zero-order chi connectivity index (χ0) is 20.9. The highest BCUT2D eigenvalue weighted by Crippen LogP contribution is 2.30. The Morgan fingerprint density at radius 2 is 1.89 bits per heavy atom. The maximum atomic E-state index is 12.8. The molecule has 0 unspecified atom stereocenters. The zero-order valence-corrected chi connectivity index (χ0v) is 16.3. The summed E-state index contributed by atoms with van der Waals surface area (Å²) in [6, 6.07) is 8.21. The molecule has 0 spiro atoms. The molecule has 2 aromatic carbocycles. The highest BCUT2D eigenvalue weighted by atomic mass is 19.4. The molecule has 2 aromatic rings. The van der Waals surface area contributed by atoms with Crippen LogP contribution in [0.2, 0.25) is 0 Å². The maximum absolute atomic E-state index is 12.8. The van der Waals surface area contributed by atoms with Gasteiger partial charge in [-0.05, 0) is 61.7 Å². The standard InChI is InChI=1S/C21H23F3N2O2/c1-5-26(4)13-25-19-10-14(2)18(9-15(19)3)20(27)28-12-16-7-6-8-17(11-16)21(22,23)24/h6-11,13H,5,12H2,1-4H3/b25-13+. The summed E-state index contributed by atoms with van der Waals surface area (Å²) in [5.74, 6) is -0.584. The summed E-state index contributed by atoms with van der Waals surface area (Å²) in [6.45, 7) is 6.20. The number of rotatable bonds is 6. The van der Waals surface area contributed by atoms with E-state index < -0.39 is 17.7 Å². The summed E-state index contributed by atoms with van der Waals surface area (Å²) >= 11 is 0. The zero-order valence-electron chi connectivity index (χ0n) is 16.3. The molecule has 7 heteroatoms. The van der Waals surface area contributed by atoms with Crippen LogP contribution in [-0.2, 0) is 17.5 Å². The van der Waals surface area contributed by atoms with Gasteiger partial charge in [-0.3, -0.25) is 0 Å². The van der Waals surface area contributed by atoms with Crippen molar-refractivity contribution in [3.63, 3.8) is 0 Å². The van der Waals surface area contributed by atoms with Crippen LogP contribution in [0.4, 0.5) is 18.9 Å². The number of alkyl halides is 3. The fraction of sp³-hybridized carbons (Fsp3) is 0.333. The Kier molecular flexibility index (Phi) is 6.83. The number of halogens is 3. The van der Waals surface area contributed by atoms with Crippen molar-refractivity contribution in [1.82, 2.24) is 4.90 Å². The normalized spacial score (nSPS) is 11.7. The second kappa shape index (κ2) is 8.91. The summed E-state index contributed by atoms with van der Waals surface area (Å²) in [5.41, 5.74) is 2.11. The molecule has 150 valence electrons. The first-order chi connectivity index (χ1) is 13.1. The van der Waals surface area contributed by atoms with Crippen molar-refractivity contribution in [1.29, 1.82) is 0 Å². The highest BCUT2D eigenvalue weighted by molar-refractivity contribution is 5.92. The Labute approximate surface area is 162 Å². The van der Waals surface area contributed by atoms with E-state index >= 15 is 0 Å². The molecule has 0 N–H and O–H groups in total. The quantitative estimate of drug-likeness (QED) is 0.381. The molecule has 0 aliphatic rings. The number of carbonyl (C=O) groups is 1. The SMILES string of the molecule is CCN(C)/C=N/c1cc(C)c(C(=O)OCc2cccc(C(F)(F)F)c2)cc1C. The fourth-order valence-electron chi connectivity index (χ4n) is 2.47. The third-order valence-electron chi connectivity index (χ3n) is 4.28. The molecule has 0 atom stereocenters. The molecule has 0 radical (unpaired) electrons. The fourth-order valence-corrected chi connectivity index (χ4v) is 2.47. The van der Waals surface area contributed by atoms with Gasteiger partial charge in [0.05, 0.1) is 23.2 Å². The van der Waals surface area contributed by atoms with E-state index in [4.69, 9.17) is 4.74 Å². The number of hydrogen-bond acceptors (Lipinski definition) is 3. The molecule has 0 aliphatic carbocycles. The van der Waals surface area contributed by atoms with E-state index in [9.17, 15) is 18.0 Å². The molecule has 0 fully saturated rings. The van der Waals surface area contributed by atoms with Gasteiger partial charge in [0.15, 0.2) is 0 Å². The second-order valence-electron chi connectivity index (χ2n) is 6.55. The molecule has 4 nitrogen and oxygen atoms in total. The minimum Gasteiger partial charge on any atom is -0.457 e. The van der Waals surface area contributed by atoms with E-state index in [0.29, 0.717) is 11.1 Å². The first-order valence-electron chi connectivity index (χ1n) is 8.80. The van der Waals surface area contributed by atoms with E-state index in [-0.39, 0.29) is 12.2 Å². The summed E-state index contributed by atoms with van der Waals surface area (Å²) in [5, 5.41) is 0. The molecule has 2 rings (SSSR count). The van der Waals surface area contributed by atoms with Gasteiger partial charge in [-0.25, -0.2) is 9.79 Å². The largest absolute Gasteiger partial charge is 0.457 e. The number of ether oxygens (including phenoxy) is 1. The lowest BCUT2D eigenvalue weighted by Gasteiger charge is -2.12. The Morgan fingerprint density at radius 3 is 2.54 bits per heavy atom. The Balaban J connectivity index is 2.13.